The molecule has 0 heterocycles. The molecule has 0 aromatic carbocycles. The van der Waals surface area contributed by atoms with Crippen LogP contribution in [0.1, 0.15) is 65.2 Å². The minimum Gasteiger partial charge on any atom is -0.462 e. The van der Waals surface area contributed by atoms with Crippen molar-refractivity contribution in [2.75, 3.05) is 6.54 Å². The summed E-state index contributed by atoms with van der Waals surface area (Å²) in [6.45, 7) is 4.44. The Hall–Kier alpha value is -1.06. The molecule has 0 bridgehead atoms. The molecule has 1 amide bonds. The van der Waals surface area contributed by atoms with Gasteiger partial charge in [0.1, 0.15) is 6.10 Å². The van der Waals surface area contributed by atoms with Gasteiger partial charge in [-0.15, -0.1) is 0 Å². The Morgan fingerprint density at radius 2 is 2.00 bits per heavy atom. The summed E-state index contributed by atoms with van der Waals surface area (Å²) in [5.41, 5.74) is 0. The number of amides is 1. The van der Waals surface area contributed by atoms with Crippen molar-refractivity contribution in [1.82, 2.24) is 5.32 Å². The van der Waals surface area contributed by atoms with E-state index in [9.17, 15) is 9.59 Å². The standard InChI is InChI=1S/C15H27NO3/c1-12-7-6-8-14(11-12)19-15(18)9-4-3-5-10-16-13(2)17/h12,14H,3-11H2,1-2H3,(H,16,17). The number of rotatable bonds is 7. The first-order valence-corrected chi connectivity index (χ1v) is 7.52. The highest BCUT2D eigenvalue weighted by Gasteiger charge is 2.21. The topological polar surface area (TPSA) is 55.4 Å². The Balaban J connectivity index is 2.00. The van der Waals surface area contributed by atoms with Crippen molar-refractivity contribution in [1.29, 1.82) is 0 Å². The van der Waals surface area contributed by atoms with E-state index in [-0.39, 0.29) is 18.0 Å². The van der Waals surface area contributed by atoms with Gasteiger partial charge in [0.2, 0.25) is 5.91 Å². The average Bonchev–Trinajstić information content (AvgIpc) is 2.33. The van der Waals surface area contributed by atoms with Crippen LogP contribution in [0, 0.1) is 5.92 Å². The summed E-state index contributed by atoms with van der Waals surface area (Å²) in [6.07, 6.45) is 7.87. The molecule has 19 heavy (non-hydrogen) atoms. The van der Waals surface area contributed by atoms with Crippen LogP contribution in [0.3, 0.4) is 0 Å². The van der Waals surface area contributed by atoms with Gasteiger partial charge in [-0.25, -0.2) is 0 Å². The van der Waals surface area contributed by atoms with Crippen molar-refractivity contribution in [3.63, 3.8) is 0 Å². The van der Waals surface area contributed by atoms with Crippen LogP contribution in [-0.2, 0) is 14.3 Å². The third-order valence-electron chi connectivity index (χ3n) is 3.62. The highest BCUT2D eigenvalue weighted by Crippen LogP contribution is 2.26. The number of carbonyl (C=O) groups is 2. The second kappa shape index (κ2) is 8.94. The zero-order chi connectivity index (χ0) is 14.1. The lowest BCUT2D eigenvalue weighted by atomic mass is 9.89. The molecule has 1 aliphatic carbocycles. The van der Waals surface area contributed by atoms with E-state index < -0.39 is 0 Å². The number of hydrogen-bond acceptors (Lipinski definition) is 3. The monoisotopic (exact) mass is 269 g/mol. The van der Waals surface area contributed by atoms with Crippen LogP contribution in [0.5, 0.6) is 0 Å². The normalized spacial score (nSPS) is 22.8. The van der Waals surface area contributed by atoms with E-state index >= 15 is 0 Å². The maximum Gasteiger partial charge on any atom is 0.306 e. The van der Waals surface area contributed by atoms with Crippen LogP contribution in [0.25, 0.3) is 0 Å². The number of hydrogen-bond donors (Lipinski definition) is 1. The SMILES string of the molecule is CC(=O)NCCCCCC(=O)OC1CCCC(C)C1. The first-order valence-electron chi connectivity index (χ1n) is 7.52. The van der Waals surface area contributed by atoms with Crippen molar-refractivity contribution in [3.05, 3.63) is 0 Å². The van der Waals surface area contributed by atoms with Crippen molar-refractivity contribution in [3.8, 4) is 0 Å². The van der Waals surface area contributed by atoms with E-state index in [4.69, 9.17) is 4.74 Å². The molecular weight excluding hydrogens is 242 g/mol. The molecule has 1 N–H and O–H groups in total. The predicted octanol–water partition coefficient (Wildman–Crippen LogP) is 2.80. The summed E-state index contributed by atoms with van der Waals surface area (Å²) in [5, 5.41) is 2.75. The highest BCUT2D eigenvalue weighted by molar-refractivity contribution is 5.72. The molecule has 4 heteroatoms. The van der Waals surface area contributed by atoms with Crippen molar-refractivity contribution in [2.45, 2.75) is 71.3 Å². The number of unbranched alkanes of at least 4 members (excludes halogenated alkanes) is 2. The second-order valence-corrected chi connectivity index (χ2v) is 5.68. The Bertz CT molecular complexity index is 291. The Labute approximate surface area is 116 Å². The summed E-state index contributed by atoms with van der Waals surface area (Å²) in [7, 11) is 0. The fraction of sp³-hybridized carbons (Fsp3) is 0.867. The molecule has 0 spiro atoms. The zero-order valence-electron chi connectivity index (χ0n) is 12.2. The van der Waals surface area contributed by atoms with Crippen LogP contribution in [0.15, 0.2) is 0 Å². The minimum absolute atomic E-state index is 0.00540. The van der Waals surface area contributed by atoms with E-state index in [0.717, 1.165) is 32.1 Å². The Morgan fingerprint density at radius 3 is 2.68 bits per heavy atom. The van der Waals surface area contributed by atoms with Crippen LogP contribution in [0.2, 0.25) is 0 Å². The molecule has 1 saturated carbocycles. The fourth-order valence-corrected chi connectivity index (χ4v) is 2.57. The first kappa shape index (κ1) is 16.0. The molecule has 1 aliphatic rings. The smallest absolute Gasteiger partial charge is 0.306 e. The van der Waals surface area contributed by atoms with Gasteiger partial charge in [0.15, 0.2) is 0 Å². The quantitative estimate of drug-likeness (QED) is 0.571. The van der Waals surface area contributed by atoms with Crippen molar-refractivity contribution in [2.24, 2.45) is 5.92 Å². The van der Waals surface area contributed by atoms with E-state index in [2.05, 4.69) is 12.2 Å². The molecule has 0 aromatic heterocycles. The zero-order valence-corrected chi connectivity index (χ0v) is 12.2. The number of carbonyl (C=O) groups excluding carboxylic acids is 2. The van der Waals surface area contributed by atoms with Gasteiger partial charge in [-0.05, 0) is 38.0 Å². The first-order chi connectivity index (χ1) is 9.08. The van der Waals surface area contributed by atoms with Gasteiger partial charge in [-0.2, -0.15) is 0 Å². The van der Waals surface area contributed by atoms with E-state index in [1.54, 1.807) is 0 Å². The van der Waals surface area contributed by atoms with Crippen LogP contribution in [0.4, 0.5) is 0 Å². The third kappa shape index (κ3) is 7.85. The molecule has 1 fully saturated rings. The van der Waals surface area contributed by atoms with E-state index in [1.807, 2.05) is 0 Å². The summed E-state index contributed by atoms with van der Waals surface area (Å²) >= 11 is 0. The lowest BCUT2D eigenvalue weighted by Crippen LogP contribution is -2.24. The molecule has 0 aromatic rings. The number of nitrogens with one attached hydrogen (secondary N) is 1. The second-order valence-electron chi connectivity index (χ2n) is 5.68. The molecule has 110 valence electrons. The number of ether oxygens (including phenoxy) is 1. The molecule has 0 radical (unpaired) electrons. The summed E-state index contributed by atoms with van der Waals surface area (Å²) in [6, 6.07) is 0. The van der Waals surface area contributed by atoms with Crippen molar-refractivity contribution < 1.29 is 14.3 Å². The molecule has 1 rings (SSSR count). The van der Waals surface area contributed by atoms with Crippen LogP contribution >= 0.6 is 0 Å². The van der Waals surface area contributed by atoms with Gasteiger partial charge in [0.25, 0.3) is 0 Å². The molecular formula is C15H27NO3. The lowest BCUT2D eigenvalue weighted by molar-refractivity contribution is -0.151. The van der Waals surface area contributed by atoms with Gasteiger partial charge in [-0.3, -0.25) is 9.59 Å². The van der Waals surface area contributed by atoms with Gasteiger partial charge in [-0.1, -0.05) is 19.8 Å². The van der Waals surface area contributed by atoms with Crippen LogP contribution in [-0.4, -0.2) is 24.5 Å². The Morgan fingerprint density at radius 1 is 1.21 bits per heavy atom. The maximum absolute atomic E-state index is 11.7. The molecule has 0 aliphatic heterocycles. The molecule has 0 saturated heterocycles. The fourth-order valence-electron chi connectivity index (χ4n) is 2.57. The van der Waals surface area contributed by atoms with E-state index in [0.29, 0.717) is 18.9 Å². The van der Waals surface area contributed by atoms with Gasteiger partial charge in [0, 0.05) is 19.9 Å². The predicted molar refractivity (Wildman–Crippen MR) is 74.7 cm³/mol. The summed E-state index contributed by atoms with van der Waals surface area (Å²) < 4.78 is 5.50. The largest absolute Gasteiger partial charge is 0.462 e. The molecule has 2 unspecified atom stereocenters. The molecule has 4 nitrogen and oxygen atoms in total. The number of esters is 1. The Kier molecular flexibility index (Phi) is 7.53. The maximum atomic E-state index is 11.7. The average molecular weight is 269 g/mol. The minimum atomic E-state index is -0.0568. The molecule has 2 atom stereocenters. The lowest BCUT2D eigenvalue weighted by Gasteiger charge is -2.26. The van der Waals surface area contributed by atoms with Gasteiger partial charge >= 0.3 is 5.97 Å². The highest BCUT2D eigenvalue weighted by atomic mass is 16.5. The van der Waals surface area contributed by atoms with Crippen molar-refractivity contribution >= 4 is 11.9 Å². The summed E-state index contributed by atoms with van der Waals surface area (Å²) in [5.74, 6) is 0.633. The van der Waals surface area contributed by atoms with Crippen LogP contribution < -0.4 is 5.32 Å². The van der Waals surface area contributed by atoms with E-state index in [1.165, 1.54) is 19.8 Å². The summed E-state index contributed by atoms with van der Waals surface area (Å²) in [4.78, 5) is 22.3. The third-order valence-corrected chi connectivity index (χ3v) is 3.62. The van der Waals surface area contributed by atoms with Gasteiger partial charge < -0.3 is 10.1 Å². The van der Waals surface area contributed by atoms with Gasteiger partial charge in [0.05, 0.1) is 0 Å².